The lowest BCUT2D eigenvalue weighted by Gasteiger charge is -2.39. The Bertz CT molecular complexity index is 897. The summed E-state index contributed by atoms with van der Waals surface area (Å²) in [5, 5.41) is 8.46. The smallest absolute Gasteiger partial charge is 0.266 e. The van der Waals surface area contributed by atoms with Crippen molar-refractivity contribution in [1.29, 1.82) is 0 Å². The van der Waals surface area contributed by atoms with Gasteiger partial charge in [-0.25, -0.2) is 14.3 Å². The van der Waals surface area contributed by atoms with Crippen LogP contribution >= 0.6 is 0 Å². The molecular weight excluding hydrogens is 306 g/mol. The molecule has 0 aliphatic carbocycles. The monoisotopic (exact) mass is 323 g/mol. The molecule has 3 aromatic heterocycles. The van der Waals surface area contributed by atoms with Gasteiger partial charge in [0.1, 0.15) is 5.82 Å². The van der Waals surface area contributed by atoms with Gasteiger partial charge in [0, 0.05) is 37.5 Å². The Morgan fingerprint density at radius 1 is 1.21 bits per heavy atom. The molecule has 0 unspecified atom stereocenters. The van der Waals surface area contributed by atoms with Gasteiger partial charge in [0.15, 0.2) is 5.82 Å². The van der Waals surface area contributed by atoms with Gasteiger partial charge in [-0.15, -0.1) is 0 Å². The van der Waals surface area contributed by atoms with Crippen LogP contribution in [0.1, 0.15) is 5.69 Å². The Balaban J connectivity index is 1.43. The Hall–Kier alpha value is -3.03. The molecule has 0 saturated carbocycles. The molecule has 24 heavy (non-hydrogen) atoms. The molecule has 0 amide bonds. The lowest BCUT2D eigenvalue weighted by Crippen LogP contribution is -2.50. The number of hydrogen-bond donors (Lipinski definition) is 0. The highest BCUT2D eigenvalue weighted by atomic mass is 16.1. The van der Waals surface area contributed by atoms with Crippen molar-refractivity contribution in [1.82, 2.24) is 29.5 Å². The van der Waals surface area contributed by atoms with Gasteiger partial charge < -0.3 is 4.90 Å². The van der Waals surface area contributed by atoms with Crippen LogP contribution in [0.4, 0.5) is 5.82 Å². The lowest BCUT2D eigenvalue weighted by molar-refractivity contribution is 0.331. The first-order chi connectivity index (χ1) is 11.7. The van der Waals surface area contributed by atoms with Crippen LogP contribution in [0.25, 0.3) is 5.82 Å². The molecule has 8 heteroatoms. The van der Waals surface area contributed by atoms with Gasteiger partial charge in [0.05, 0.1) is 24.6 Å². The summed E-state index contributed by atoms with van der Waals surface area (Å²) in [6.45, 7) is 4.18. The second kappa shape index (κ2) is 5.88. The van der Waals surface area contributed by atoms with Gasteiger partial charge in [0.25, 0.3) is 5.56 Å². The van der Waals surface area contributed by atoms with E-state index >= 15 is 0 Å². The Morgan fingerprint density at radius 2 is 2.04 bits per heavy atom. The molecule has 0 spiro atoms. The molecule has 4 heterocycles. The molecule has 0 bridgehead atoms. The normalized spacial score (nSPS) is 14.6. The first-order valence-corrected chi connectivity index (χ1v) is 7.81. The van der Waals surface area contributed by atoms with E-state index in [1.165, 1.54) is 0 Å². The van der Waals surface area contributed by atoms with Crippen molar-refractivity contribution in [2.45, 2.75) is 13.5 Å². The Morgan fingerprint density at radius 3 is 2.83 bits per heavy atom. The quantitative estimate of drug-likeness (QED) is 0.702. The highest BCUT2D eigenvalue weighted by Gasteiger charge is 2.29. The number of nitrogens with zero attached hydrogens (tertiary/aromatic N) is 7. The third-order valence-corrected chi connectivity index (χ3v) is 4.06. The summed E-state index contributed by atoms with van der Waals surface area (Å²) in [4.78, 5) is 22.8. The average Bonchev–Trinajstić information content (AvgIpc) is 3.08. The van der Waals surface area contributed by atoms with Crippen LogP contribution in [0.15, 0.2) is 47.8 Å². The summed E-state index contributed by atoms with van der Waals surface area (Å²) < 4.78 is 3.23. The first kappa shape index (κ1) is 14.6. The van der Waals surface area contributed by atoms with Crippen molar-refractivity contribution in [3.63, 3.8) is 0 Å². The lowest BCUT2D eigenvalue weighted by atomic mass is 10.0. The molecule has 0 atom stereocenters. The average molecular weight is 323 g/mol. The zero-order valence-corrected chi connectivity index (χ0v) is 13.3. The molecule has 0 N–H and O–H groups in total. The van der Waals surface area contributed by atoms with Crippen LogP contribution in [-0.2, 0) is 6.54 Å². The molecule has 1 saturated heterocycles. The molecule has 122 valence electrons. The van der Waals surface area contributed by atoms with E-state index in [2.05, 4.69) is 25.1 Å². The van der Waals surface area contributed by atoms with E-state index in [9.17, 15) is 4.79 Å². The van der Waals surface area contributed by atoms with Crippen LogP contribution in [0.3, 0.4) is 0 Å². The number of aromatic nitrogens is 6. The molecule has 3 aromatic rings. The molecular formula is C16H17N7O. The summed E-state index contributed by atoms with van der Waals surface area (Å²) in [7, 11) is 0. The number of hydrogen-bond acceptors (Lipinski definition) is 6. The molecule has 1 fully saturated rings. The summed E-state index contributed by atoms with van der Waals surface area (Å²) >= 11 is 0. The van der Waals surface area contributed by atoms with Crippen LogP contribution in [0.5, 0.6) is 0 Å². The maximum absolute atomic E-state index is 11.8. The number of aryl methyl sites for hydroxylation is 1. The van der Waals surface area contributed by atoms with E-state index in [-0.39, 0.29) is 5.56 Å². The number of rotatable bonds is 4. The Labute approximate surface area is 138 Å². The molecule has 0 aromatic carbocycles. The van der Waals surface area contributed by atoms with Crippen LogP contribution in [-0.4, -0.2) is 42.6 Å². The van der Waals surface area contributed by atoms with Crippen molar-refractivity contribution in [3.8, 4) is 5.82 Å². The molecule has 1 aliphatic heterocycles. The molecule has 1 aliphatic rings. The molecule has 0 radical (unpaired) electrons. The van der Waals surface area contributed by atoms with Gasteiger partial charge in [0.2, 0.25) is 0 Å². The van der Waals surface area contributed by atoms with Crippen molar-refractivity contribution >= 4 is 5.82 Å². The summed E-state index contributed by atoms with van der Waals surface area (Å²) in [5.74, 6) is 1.90. The van der Waals surface area contributed by atoms with Crippen LogP contribution in [0, 0.1) is 12.8 Å². The van der Waals surface area contributed by atoms with Crippen LogP contribution in [0.2, 0.25) is 0 Å². The molecule has 8 nitrogen and oxygen atoms in total. The summed E-state index contributed by atoms with van der Waals surface area (Å²) in [6.07, 6.45) is 6.98. The fourth-order valence-corrected chi connectivity index (χ4v) is 2.81. The van der Waals surface area contributed by atoms with Gasteiger partial charge in [-0.2, -0.15) is 10.2 Å². The van der Waals surface area contributed by atoms with Crippen molar-refractivity contribution < 1.29 is 0 Å². The topological polar surface area (TPSA) is 81.7 Å². The third kappa shape index (κ3) is 2.78. The van der Waals surface area contributed by atoms with Gasteiger partial charge in [-0.05, 0) is 19.1 Å². The van der Waals surface area contributed by atoms with E-state index in [0.717, 1.165) is 24.6 Å². The maximum Gasteiger partial charge on any atom is 0.266 e. The van der Waals surface area contributed by atoms with E-state index < -0.39 is 0 Å². The SMILES string of the molecule is Cc1ccc(=O)n(CC2CN(c3cncc(-n4cccn4)n3)C2)n1. The van der Waals surface area contributed by atoms with E-state index in [4.69, 9.17) is 0 Å². The highest BCUT2D eigenvalue weighted by Crippen LogP contribution is 2.23. The van der Waals surface area contributed by atoms with Crippen molar-refractivity contribution in [2.75, 3.05) is 18.0 Å². The second-order valence-corrected chi connectivity index (χ2v) is 5.95. The van der Waals surface area contributed by atoms with E-state index in [0.29, 0.717) is 18.3 Å². The fourth-order valence-electron chi connectivity index (χ4n) is 2.81. The zero-order valence-electron chi connectivity index (χ0n) is 13.3. The minimum Gasteiger partial charge on any atom is -0.354 e. The number of anilines is 1. The molecule has 4 rings (SSSR count). The fraction of sp³-hybridized carbons (Fsp3) is 0.312. The summed E-state index contributed by atoms with van der Waals surface area (Å²) in [5.41, 5.74) is 0.795. The minimum absolute atomic E-state index is 0.0560. The predicted molar refractivity (Wildman–Crippen MR) is 88.1 cm³/mol. The zero-order chi connectivity index (χ0) is 16.5. The van der Waals surface area contributed by atoms with E-state index in [1.54, 1.807) is 40.1 Å². The Kier molecular flexibility index (Phi) is 3.56. The van der Waals surface area contributed by atoms with Gasteiger partial charge in [-0.1, -0.05) is 0 Å². The highest BCUT2D eigenvalue weighted by molar-refractivity contribution is 5.42. The summed E-state index contributed by atoms with van der Waals surface area (Å²) in [6, 6.07) is 5.15. The minimum atomic E-state index is -0.0560. The first-order valence-electron chi connectivity index (χ1n) is 7.81. The predicted octanol–water partition coefficient (Wildman–Crippen LogP) is 0.664. The largest absolute Gasteiger partial charge is 0.354 e. The standard InChI is InChI=1S/C16H17N7O/c1-12-3-4-16(24)23(20-12)11-13-9-21(10-13)14-7-17-8-15(19-14)22-6-2-5-18-22/h2-8,13H,9-11H2,1H3. The third-order valence-electron chi connectivity index (χ3n) is 4.06. The van der Waals surface area contributed by atoms with Gasteiger partial charge in [-0.3, -0.25) is 9.78 Å². The van der Waals surface area contributed by atoms with E-state index in [1.807, 2.05) is 19.2 Å². The van der Waals surface area contributed by atoms with Gasteiger partial charge >= 0.3 is 0 Å². The van der Waals surface area contributed by atoms with Crippen molar-refractivity contribution in [2.24, 2.45) is 5.92 Å². The second-order valence-electron chi connectivity index (χ2n) is 5.95. The van der Waals surface area contributed by atoms with Crippen molar-refractivity contribution in [3.05, 3.63) is 59.0 Å². The van der Waals surface area contributed by atoms with Crippen LogP contribution < -0.4 is 10.5 Å². The maximum atomic E-state index is 11.8.